The lowest BCUT2D eigenvalue weighted by Gasteiger charge is -2.02. The average Bonchev–Trinajstić information content (AvgIpc) is 2.31. The van der Waals surface area contributed by atoms with Crippen molar-refractivity contribution in [2.24, 2.45) is 10.2 Å². The minimum Gasteiger partial charge on any atom is -0.383 e. The van der Waals surface area contributed by atoms with Gasteiger partial charge in [0.25, 0.3) is 0 Å². The molecule has 0 spiro atoms. The first-order valence-corrected chi connectivity index (χ1v) is 4.41. The van der Waals surface area contributed by atoms with Crippen LogP contribution in [0.25, 0.3) is 0 Å². The van der Waals surface area contributed by atoms with E-state index in [1.54, 1.807) is 0 Å². The second-order valence-electron chi connectivity index (χ2n) is 2.26. The summed E-state index contributed by atoms with van der Waals surface area (Å²) in [6.45, 7) is 0. The number of nitrogen functional groups attached to an aromatic ring is 2. The predicted octanol–water partition coefficient (Wildman–Crippen LogP) is 1.17. The molecule has 0 saturated heterocycles. The highest BCUT2D eigenvalue weighted by atomic mass is 127. The molecule has 7 heteroatoms. The monoisotopic (exact) mass is 276 g/mol. The van der Waals surface area contributed by atoms with E-state index in [1.165, 1.54) is 0 Å². The Bertz CT molecular complexity index is 361. The lowest BCUT2D eigenvalue weighted by atomic mass is 10.3. The number of halogens is 1. The quantitative estimate of drug-likeness (QED) is 0.421. The Balaban J connectivity index is 2.66. The van der Waals surface area contributed by atoms with Gasteiger partial charge in [-0.15, -0.1) is 5.11 Å². The Kier molecular flexibility index (Phi) is 1.60. The Morgan fingerprint density at radius 1 is 1.25 bits per heavy atom. The number of rotatable bonds is 0. The molecule has 1 aromatic rings. The molecule has 12 heavy (non-hydrogen) atoms. The van der Waals surface area contributed by atoms with Crippen LogP contribution in [0.1, 0.15) is 9.61 Å². The van der Waals surface area contributed by atoms with Crippen molar-refractivity contribution in [3.8, 4) is 0 Å². The van der Waals surface area contributed by atoms with Gasteiger partial charge < -0.3 is 11.5 Å². The molecule has 0 radical (unpaired) electrons. The first-order chi connectivity index (χ1) is 5.68. The maximum absolute atomic E-state index is 5.61. The average molecular weight is 276 g/mol. The van der Waals surface area contributed by atoms with Gasteiger partial charge in [-0.1, -0.05) is 0 Å². The van der Waals surface area contributed by atoms with Crippen molar-refractivity contribution in [3.63, 3.8) is 0 Å². The number of nitrogens with two attached hydrogens (primary N) is 2. The van der Waals surface area contributed by atoms with E-state index in [-0.39, 0.29) is 10.00 Å². The molecular weight excluding hydrogens is 271 g/mol. The molecule has 1 aliphatic heterocycles. The van der Waals surface area contributed by atoms with E-state index >= 15 is 0 Å². The molecule has 0 amide bonds. The number of hydrogen-bond acceptors (Lipinski definition) is 6. The van der Waals surface area contributed by atoms with Crippen LogP contribution in [-0.4, -0.2) is 9.97 Å². The summed E-state index contributed by atoms with van der Waals surface area (Å²) in [4.78, 5) is 7.70. The molecule has 1 aromatic heterocycles. The highest BCUT2D eigenvalue weighted by Gasteiger charge is 2.23. The zero-order valence-corrected chi connectivity index (χ0v) is 8.06. The van der Waals surface area contributed by atoms with Crippen LogP contribution in [-0.2, 0) is 0 Å². The van der Waals surface area contributed by atoms with Gasteiger partial charge in [-0.2, -0.15) is 15.1 Å². The molecule has 62 valence electrons. The fourth-order valence-corrected chi connectivity index (χ4v) is 1.68. The van der Waals surface area contributed by atoms with Crippen LogP contribution < -0.4 is 11.5 Å². The van der Waals surface area contributed by atoms with E-state index < -0.39 is 0 Å². The number of anilines is 2. The van der Waals surface area contributed by atoms with Gasteiger partial charge in [0.1, 0.15) is 5.82 Å². The molecule has 0 bridgehead atoms. The van der Waals surface area contributed by atoms with E-state index in [0.29, 0.717) is 11.6 Å². The number of nitrogens with zero attached hydrogens (tertiary/aromatic N) is 4. The molecule has 4 N–H and O–H groups in total. The summed E-state index contributed by atoms with van der Waals surface area (Å²) in [6.07, 6.45) is 0. The van der Waals surface area contributed by atoms with Gasteiger partial charge in [0.2, 0.25) is 5.95 Å². The Hall–Kier alpha value is -0.990. The topological polar surface area (TPSA) is 103 Å². The van der Waals surface area contributed by atoms with Gasteiger partial charge in [0.15, 0.2) is 9.87 Å². The fourth-order valence-electron chi connectivity index (χ4n) is 0.960. The third kappa shape index (κ3) is 1.00. The smallest absolute Gasteiger partial charge is 0.224 e. The van der Waals surface area contributed by atoms with Gasteiger partial charge in [0, 0.05) is 0 Å². The molecule has 0 saturated carbocycles. The van der Waals surface area contributed by atoms with Crippen molar-refractivity contribution in [2.75, 3.05) is 11.5 Å². The molecule has 6 nitrogen and oxygen atoms in total. The molecule has 1 atom stereocenters. The molecule has 2 heterocycles. The van der Waals surface area contributed by atoms with Crippen LogP contribution in [0.2, 0.25) is 0 Å². The fraction of sp³-hybridized carbons (Fsp3) is 0.200. The highest BCUT2D eigenvalue weighted by Crippen LogP contribution is 2.41. The zero-order valence-electron chi connectivity index (χ0n) is 5.90. The van der Waals surface area contributed by atoms with Gasteiger partial charge in [-0.25, -0.2) is 0 Å². The minimum atomic E-state index is -0.0850. The van der Waals surface area contributed by atoms with Crippen molar-refractivity contribution >= 4 is 40.2 Å². The lowest BCUT2D eigenvalue weighted by molar-refractivity contribution is 1.04. The van der Waals surface area contributed by atoms with Crippen molar-refractivity contribution in [3.05, 3.63) is 5.56 Å². The Morgan fingerprint density at radius 2 is 2.00 bits per heavy atom. The summed E-state index contributed by atoms with van der Waals surface area (Å²) in [5.41, 5.74) is 11.7. The summed E-state index contributed by atoms with van der Waals surface area (Å²) >= 11 is 2.10. The molecular formula is C5H5IN6. The zero-order chi connectivity index (χ0) is 8.72. The number of hydrogen-bond donors (Lipinski definition) is 2. The third-order valence-electron chi connectivity index (χ3n) is 1.46. The van der Waals surface area contributed by atoms with Crippen molar-refractivity contribution in [1.82, 2.24) is 9.97 Å². The van der Waals surface area contributed by atoms with E-state index in [4.69, 9.17) is 11.5 Å². The van der Waals surface area contributed by atoms with Gasteiger partial charge >= 0.3 is 0 Å². The largest absolute Gasteiger partial charge is 0.383 e. The summed E-state index contributed by atoms with van der Waals surface area (Å²) in [6, 6.07) is 0. The molecule has 0 fully saturated rings. The normalized spacial score (nSPS) is 19.6. The first kappa shape index (κ1) is 7.65. The molecule has 1 unspecified atom stereocenters. The number of azo groups is 1. The number of fused-ring (bicyclic) bond motifs is 1. The first-order valence-electron chi connectivity index (χ1n) is 3.16. The van der Waals surface area contributed by atoms with E-state index in [9.17, 15) is 0 Å². The minimum absolute atomic E-state index is 0.0850. The van der Waals surface area contributed by atoms with E-state index in [0.717, 1.165) is 5.56 Å². The molecule has 2 rings (SSSR count). The van der Waals surface area contributed by atoms with Crippen LogP contribution >= 0.6 is 22.6 Å². The third-order valence-corrected chi connectivity index (χ3v) is 2.34. The van der Waals surface area contributed by atoms with E-state index in [2.05, 4.69) is 42.8 Å². The van der Waals surface area contributed by atoms with Crippen molar-refractivity contribution in [2.45, 2.75) is 4.05 Å². The van der Waals surface area contributed by atoms with Crippen LogP contribution in [0, 0.1) is 0 Å². The summed E-state index contributed by atoms with van der Waals surface area (Å²) < 4.78 is -0.0850. The maximum Gasteiger partial charge on any atom is 0.224 e. The van der Waals surface area contributed by atoms with Crippen LogP contribution in [0.3, 0.4) is 0 Å². The van der Waals surface area contributed by atoms with Crippen LogP contribution in [0.15, 0.2) is 10.2 Å². The molecule has 0 aromatic carbocycles. The predicted molar refractivity (Wildman–Crippen MR) is 52.1 cm³/mol. The second-order valence-corrected chi connectivity index (χ2v) is 3.44. The lowest BCUT2D eigenvalue weighted by Crippen LogP contribution is -2.02. The standard InChI is InChI=1S/C5H5IN6/c6-2-1-3(7)9-5(8)10-4(1)12-11-2/h2H,(H4,7,8,9,10). The van der Waals surface area contributed by atoms with Gasteiger partial charge in [-0.3, -0.25) is 0 Å². The summed E-state index contributed by atoms with van der Waals surface area (Å²) in [5.74, 6) is 0.983. The Labute approximate surface area is 81.6 Å². The van der Waals surface area contributed by atoms with Gasteiger partial charge in [-0.05, 0) is 22.6 Å². The molecule has 0 aliphatic carbocycles. The number of aromatic nitrogens is 2. The highest BCUT2D eigenvalue weighted by molar-refractivity contribution is 14.1. The van der Waals surface area contributed by atoms with E-state index in [1.807, 2.05) is 0 Å². The van der Waals surface area contributed by atoms with Crippen LogP contribution in [0.5, 0.6) is 0 Å². The Morgan fingerprint density at radius 3 is 2.75 bits per heavy atom. The van der Waals surface area contributed by atoms with Crippen molar-refractivity contribution < 1.29 is 0 Å². The van der Waals surface area contributed by atoms with Crippen molar-refractivity contribution in [1.29, 1.82) is 0 Å². The summed E-state index contributed by atoms with van der Waals surface area (Å²) in [7, 11) is 0. The summed E-state index contributed by atoms with van der Waals surface area (Å²) in [5, 5.41) is 7.69. The van der Waals surface area contributed by atoms with Gasteiger partial charge in [0.05, 0.1) is 5.56 Å². The second kappa shape index (κ2) is 2.51. The number of alkyl halides is 1. The van der Waals surface area contributed by atoms with Crippen LogP contribution in [0.4, 0.5) is 17.6 Å². The maximum atomic E-state index is 5.61. The SMILES string of the molecule is Nc1nc(N)c2c(n1)N=NC2I. The molecule has 1 aliphatic rings.